The summed E-state index contributed by atoms with van der Waals surface area (Å²) in [5.74, 6) is 1.67. The summed E-state index contributed by atoms with van der Waals surface area (Å²) in [6, 6.07) is 2.15. The largest absolute Gasteiger partial charge is 0.353 e. The molecule has 1 aromatic rings. The molecule has 0 radical (unpaired) electrons. The molecule has 1 aliphatic heterocycles. The van der Waals surface area contributed by atoms with Gasteiger partial charge in [-0.3, -0.25) is 4.79 Å². The number of nitrogens with zero attached hydrogens (tertiary/aromatic N) is 3. The molecule has 1 saturated heterocycles. The van der Waals surface area contributed by atoms with Crippen LogP contribution in [0.5, 0.6) is 0 Å². The number of rotatable bonds is 4. The Morgan fingerprint density at radius 1 is 1.09 bits per heavy atom. The Morgan fingerprint density at radius 2 is 1.77 bits per heavy atom. The number of hydrogen-bond acceptors (Lipinski definition) is 4. The van der Waals surface area contributed by atoms with Crippen LogP contribution in [-0.4, -0.2) is 35.0 Å². The van der Waals surface area contributed by atoms with Gasteiger partial charge in [-0.25, -0.2) is 9.97 Å². The van der Waals surface area contributed by atoms with E-state index in [1.165, 1.54) is 32.1 Å². The number of piperidine rings is 1. The lowest BCUT2D eigenvalue weighted by molar-refractivity contribution is -0.123. The summed E-state index contributed by atoms with van der Waals surface area (Å²) in [7, 11) is 0. The van der Waals surface area contributed by atoms with Crippen LogP contribution in [-0.2, 0) is 4.79 Å². The van der Waals surface area contributed by atoms with Gasteiger partial charge in [0.05, 0.1) is 0 Å². The maximum Gasteiger partial charge on any atom is 0.225 e. The average Bonchev–Trinajstić information content (AvgIpc) is 2.57. The van der Waals surface area contributed by atoms with E-state index < -0.39 is 0 Å². The van der Waals surface area contributed by atoms with Gasteiger partial charge in [0.2, 0.25) is 11.9 Å². The minimum absolute atomic E-state index is 0.251. The van der Waals surface area contributed by atoms with Gasteiger partial charge in [0.25, 0.3) is 0 Å². The number of carbonyl (C=O) groups excluding carboxylic acids is 1. The van der Waals surface area contributed by atoms with Gasteiger partial charge in [0, 0.05) is 37.9 Å². The lowest BCUT2D eigenvalue weighted by Crippen LogP contribution is -2.45. The summed E-state index contributed by atoms with van der Waals surface area (Å²) < 4.78 is 0. The van der Waals surface area contributed by atoms with Crippen molar-refractivity contribution >= 4 is 11.9 Å². The van der Waals surface area contributed by atoms with Gasteiger partial charge in [-0.15, -0.1) is 0 Å². The third kappa shape index (κ3) is 4.18. The van der Waals surface area contributed by atoms with Crippen LogP contribution in [0.4, 0.5) is 5.95 Å². The normalized spacial score (nSPS) is 20.8. The van der Waals surface area contributed by atoms with E-state index in [0.29, 0.717) is 12.0 Å². The van der Waals surface area contributed by atoms with Crippen molar-refractivity contribution in [2.45, 2.75) is 57.4 Å². The van der Waals surface area contributed by atoms with Gasteiger partial charge in [0.15, 0.2) is 0 Å². The van der Waals surface area contributed by atoms with E-state index in [-0.39, 0.29) is 5.91 Å². The zero-order valence-corrected chi connectivity index (χ0v) is 13.2. The maximum absolute atomic E-state index is 12.2. The molecule has 0 bridgehead atoms. The molecule has 0 aromatic carbocycles. The van der Waals surface area contributed by atoms with Crippen LogP contribution in [0.25, 0.3) is 0 Å². The SMILES string of the molecule is O=C(CC1CCCCC1)NC1CCN(c2ncccn2)CC1. The molecule has 120 valence electrons. The summed E-state index contributed by atoms with van der Waals surface area (Å²) in [4.78, 5) is 23.0. The summed E-state index contributed by atoms with van der Waals surface area (Å²) in [5.41, 5.74) is 0. The topological polar surface area (TPSA) is 58.1 Å². The monoisotopic (exact) mass is 302 g/mol. The molecule has 1 aliphatic carbocycles. The minimum Gasteiger partial charge on any atom is -0.353 e. The number of hydrogen-bond donors (Lipinski definition) is 1. The number of nitrogens with one attached hydrogen (secondary N) is 1. The Balaban J connectivity index is 1.41. The first-order valence-electron chi connectivity index (χ1n) is 8.62. The Hall–Kier alpha value is -1.65. The van der Waals surface area contributed by atoms with Crippen molar-refractivity contribution in [3.05, 3.63) is 18.5 Å². The highest BCUT2D eigenvalue weighted by Gasteiger charge is 2.23. The van der Waals surface area contributed by atoms with E-state index in [0.717, 1.165) is 38.3 Å². The second-order valence-corrected chi connectivity index (χ2v) is 6.59. The summed E-state index contributed by atoms with van der Waals surface area (Å²) in [6.07, 6.45) is 12.7. The molecule has 5 nitrogen and oxygen atoms in total. The van der Waals surface area contributed by atoms with Crippen LogP contribution < -0.4 is 10.2 Å². The molecule has 1 amide bonds. The van der Waals surface area contributed by atoms with Gasteiger partial charge in [-0.05, 0) is 37.7 Å². The average molecular weight is 302 g/mol. The fourth-order valence-electron chi connectivity index (χ4n) is 3.62. The van der Waals surface area contributed by atoms with Crippen LogP contribution in [0.3, 0.4) is 0 Å². The summed E-state index contributed by atoms with van der Waals surface area (Å²) in [6.45, 7) is 1.83. The third-order valence-corrected chi connectivity index (χ3v) is 4.89. The molecule has 5 heteroatoms. The van der Waals surface area contributed by atoms with Gasteiger partial charge in [-0.2, -0.15) is 0 Å². The van der Waals surface area contributed by atoms with E-state index in [1.807, 2.05) is 6.07 Å². The molecule has 2 aliphatic rings. The van der Waals surface area contributed by atoms with Crippen molar-refractivity contribution in [3.63, 3.8) is 0 Å². The number of aromatic nitrogens is 2. The quantitative estimate of drug-likeness (QED) is 0.928. The van der Waals surface area contributed by atoms with E-state index in [4.69, 9.17) is 0 Å². The molecule has 0 unspecified atom stereocenters. The molecule has 0 spiro atoms. The molecule has 1 aromatic heterocycles. The van der Waals surface area contributed by atoms with Crippen LogP contribution in [0.2, 0.25) is 0 Å². The second kappa shape index (κ2) is 7.56. The standard InChI is InChI=1S/C17H26N4O/c22-16(13-14-5-2-1-3-6-14)20-15-7-11-21(12-8-15)17-18-9-4-10-19-17/h4,9-10,14-15H,1-3,5-8,11-13H2,(H,20,22). The van der Waals surface area contributed by atoms with Crippen LogP contribution in [0.1, 0.15) is 51.4 Å². The molecular formula is C17H26N4O. The molecule has 3 rings (SSSR count). The number of carbonyl (C=O) groups is 1. The van der Waals surface area contributed by atoms with E-state index in [9.17, 15) is 4.79 Å². The Bertz CT molecular complexity index is 465. The highest BCUT2D eigenvalue weighted by atomic mass is 16.1. The second-order valence-electron chi connectivity index (χ2n) is 6.59. The predicted octanol–water partition coefficient (Wildman–Crippen LogP) is 2.53. The van der Waals surface area contributed by atoms with Gasteiger partial charge < -0.3 is 10.2 Å². The van der Waals surface area contributed by atoms with Crippen LogP contribution >= 0.6 is 0 Å². The molecule has 2 heterocycles. The molecule has 22 heavy (non-hydrogen) atoms. The highest BCUT2D eigenvalue weighted by molar-refractivity contribution is 5.76. The smallest absolute Gasteiger partial charge is 0.225 e. The van der Waals surface area contributed by atoms with E-state index in [2.05, 4.69) is 20.2 Å². The first-order chi connectivity index (χ1) is 10.8. The Labute approximate surface area is 132 Å². The van der Waals surface area contributed by atoms with Crippen LogP contribution in [0, 0.1) is 5.92 Å². The van der Waals surface area contributed by atoms with Crippen molar-refractivity contribution in [3.8, 4) is 0 Å². The van der Waals surface area contributed by atoms with Crippen molar-refractivity contribution in [1.82, 2.24) is 15.3 Å². The molecule has 1 N–H and O–H groups in total. The number of amides is 1. The summed E-state index contributed by atoms with van der Waals surface area (Å²) >= 11 is 0. The zero-order valence-electron chi connectivity index (χ0n) is 13.2. The predicted molar refractivity (Wildman–Crippen MR) is 86.6 cm³/mol. The van der Waals surface area contributed by atoms with Crippen molar-refractivity contribution in [2.75, 3.05) is 18.0 Å². The van der Waals surface area contributed by atoms with Crippen molar-refractivity contribution < 1.29 is 4.79 Å². The summed E-state index contributed by atoms with van der Waals surface area (Å²) in [5, 5.41) is 3.23. The van der Waals surface area contributed by atoms with Crippen LogP contribution in [0.15, 0.2) is 18.5 Å². The number of anilines is 1. The molecule has 1 saturated carbocycles. The highest BCUT2D eigenvalue weighted by Crippen LogP contribution is 2.26. The first kappa shape index (κ1) is 15.3. The zero-order chi connectivity index (χ0) is 15.2. The van der Waals surface area contributed by atoms with Gasteiger partial charge >= 0.3 is 0 Å². The lowest BCUT2D eigenvalue weighted by Gasteiger charge is -2.32. The molecule has 0 atom stereocenters. The van der Waals surface area contributed by atoms with E-state index >= 15 is 0 Å². The lowest BCUT2D eigenvalue weighted by atomic mass is 9.86. The Kier molecular flexibility index (Phi) is 5.24. The third-order valence-electron chi connectivity index (χ3n) is 4.89. The maximum atomic E-state index is 12.2. The van der Waals surface area contributed by atoms with Crippen molar-refractivity contribution in [1.29, 1.82) is 0 Å². The molecular weight excluding hydrogens is 276 g/mol. The van der Waals surface area contributed by atoms with Gasteiger partial charge in [-0.1, -0.05) is 19.3 Å². The fraction of sp³-hybridized carbons (Fsp3) is 0.706. The van der Waals surface area contributed by atoms with E-state index in [1.54, 1.807) is 12.4 Å². The minimum atomic E-state index is 0.251. The Morgan fingerprint density at radius 3 is 2.45 bits per heavy atom. The fourth-order valence-corrected chi connectivity index (χ4v) is 3.62. The molecule has 2 fully saturated rings. The van der Waals surface area contributed by atoms with Gasteiger partial charge in [0.1, 0.15) is 0 Å². The van der Waals surface area contributed by atoms with Crippen molar-refractivity contribution in [2.24, 2.45) is 5.92 Å². The first-order valence-corrected chi connectivity index (χ1v) is 8.62.